The van der Waals surface area contributed by atoms with Crippen LogP contribution < -0.4 is 0 Å². The number of aliphatic hydroxyl groups is 2. The van der Waals surface area contributed by atoms with Crippen molar-refractivity contribution in [2.75, 3.05) is 13.2 Å². The maximum Gasteiger partial charge on any atom is 0.206 e. The molecule has 0 spiro atoms. The Labute approximate surface area is 64.8 Å². The molecular formula is C6H13NO4. The van der Waals surface area contributed by atoms with Crippen molar-refractivity contribution in [3.05, 3.63) is 10.1 Å². The third kappa shape index (κ3) is 4.69. The van der Waals surface area contributed by atoms with E-state index in [1.807, 2.05) is 0 Å². The van der Waals surface area contributed by atoms with Crippen LogP contribution in [-0.4, -0.2) is 34.4 Å². The first-order valence-corrected chi connectivity index (χ1v) is 3.48. The molecule has 5 nitrogen and oxygen atoms in total. The molecule has 0 amide bonds. The third-order valence-electron chi connectivity index (χ3n) is 1.55. The van der Waals surface area contributed by atoms with Crippen LogP contribution in [0.4, 0.5) is 0 Å². The lowest BCUT2D eigenvalue weighted by Gasteiger charge is -2.13. The predicted octanol–water partition coefficient (Wildman–Crippen LogP) is -0.358. The minimum atomic E-state index is -0.773. The van der Waals surface area contributed by atoms with E-state index in [0.29, 0.717) is 0 Å². The van der Waals surface area contributed by atoms with Crippen LogP contribution in [0.3, 0.4) is 0 Å². The van der Waals surface area contributed by atoms with E-state index in [-0.39, 0.29) is 25.5 Å². The molecule has 0 saturated heterocycles. The zero-order valence-electron chi connectivity index (χ0n) is 6.43. The van der Waals surface area contributed by atoms with Gasteiger partial charge in [-0.25, -0.2) is 0 Å². The van der Waals surface area contributed by atoms with Gasteiger partial charge >= 0.3 is 0 Å². The highest BCUT2D eigenvalue weighted by molar-refractivity contribution is 4.61. The summed E-state index contributed by atoms with van der Waals surface area (Å²) in [5, 5.41) is 27.5. The first kappa shape index (κ1) is 10.3. The fraction of sp³-hybridized carbons (Fsp3) is 1.00. The van der Waals surface area contributed by atoms with E-state index in [1.165, 1.54) is 0 Å². The van der Waals surface area contributed by atoms with Gasteiger partial charge in [-0.1, -0.05) is 6.92 Å². The van der Waals surface area contributed by atoms with Gasteiger partial charge in [0.05, 0.1) is 6.10 Å². The third-order valence-corrected chi connectivity index (χ3v) is 1.55. The van der Waals surface area contributed by atoms with Crippen molar-refractivity contribution in [2.24, 2.45) is 5.92 Å². The zero-order valence-corrected chi connectivity index (χ0v) is 6.43. The molecule has 0 heterocycles. The highest BCUT2D eigenvalue weighted by Crippen LogP contribution is 2.05. The lowest BCUT2D eigenvalue weighted by atomic mass is 10.0. The van der Waals surface area contributed by atoms with Crippen molar-refractivity contribution in [3.8, 4) is 0 Å². The summed E-state index contributed by atoms with van der Waals surface area (Å²) in [4.78, 5) is 9.37. The molecule has 0 rings (SSSR count). The Bertz CT molecular complexity index is 128. The molecule has 0 aromatic rings. The zero-order chi connectivity index (χ0) is 8.85. The molecule has 11 heavy (non-hydrogen) atoms. The van der Waals surface area contributed by atoms with Crippen LogP contribution in [-0.2, 0) is 0 Å². The van der Waals surface area contributed by atoms with E-state index in [9.17, 15) is 10.1 Å². The van der Waals surface area contributed by atoms with Crippen molar-refractivity contribution in [3.63, 3.8) is 0 Å². The van der Waals surface area contributed by atoms with Gasteiger partial charge in [-0.2, -0.15) is 0 Å². The number of nitrogens with zero attached hydrogens (tertiary/aromatic N) is 1. The monoisotopic (exact) mass is 163 g/mol. The summed E-state index contributed by atoms with van der Waals surface area (Å²) in [6.07, 6.45) is -0.667. The minimum Gasteiger partial charge on any atom is -0.396 e. The second-order valence-electron chi connectivity index (χ2n) is 2.57. The van der Waals surface area contributed by atoms with E-state index >= 15 is 0 Å². The van der Waals surface area contributed by atoms with Crippen LogP contribution in [0.1, 0.15) is 13.3 Å². The highest BCUT2D eigenvalue weighted by atomic mass is 16.6. The molecule has 0 aliphatic heterocycles. The van der Waals surface area contributed by atoms with Crippen molar-refractivity contribution in [1.29, 1.82) is 0 Å². The van der Waals surface area contributed by atoms with E-state index in [2.05, 4.69) is 0 Å². The van der Waals surface area contributed by atoms with Crippen LogP contribution in [0.25, 0.3) is 0 Å². The van der Waals surface area contributed by atoms with Gasteiger partial charge in [-0.15, -0.1) is 0 Å². The molecule has 0 aliphatic carbocycles. The largest absolute Gasteiger partial charge is 0.396 e. The van der Waals surface area contributed by atoms with Crippen LogP contribution in [0, 0.1) is 16.0 Å². The van der Waals surface area contributed by atoms with Gasteiger partial charge in [0.2, 0.25) is 6.54 Å². The van der Waals surface area contributed by atoms with Gasteiger partial charge in [-0.05, 0) is 0 Å². The Hall–Kier alpha value is -0.680. The van der Waals surface area contributed by atoms with E-state index in [0.717, 1.165) is 0 Å². The fourth-order valence-corrected chi connectivity index (χ4v) is 0.644. The molecular weight excluding hydrogens is 150 g/mol. The standard InChI is InChI=1S/C6H13NO4/c1-5(4-8)6(9)2-3-7(10)11/h5-6,8-9H,2-4H2,1H3. The van der Waals surface area contributed by atoms with E-state index in [4.69, 9.17) is 10.2 Å². The quantitative estimate of drug-likeness (QED) is 0.428. The lowest BCUT2D eigenvalue weighted by molar-refractivity contribution is -0.482. The lowest BCUT2D eigenvalue weighted by Crippen LogP contribution is -2.23. The summed E-state index contributed by atoms with van der Waals surface area (Å²) in [6.45, 7) is 1.26. The smallest absolute Gasteiger partial charge is 0.206 e. The van der Waals surface area contributed by atoms with Gasteiger partial charge in [-0.3, -0.25) is 10.1 Å². The molecule has 0 aromatic carbocycles. The molecule has 66 valence electrons. The predicted molar refractivity (Wildman–Crippen MR) is 38.7 cm³/mol. The number of aliphatic hydroxyl groups excluding tert-OH is 2. The topological polar surface area (TPSA) is 83.6 Å². The van der Waals surface area contributed by atoms with Gasteiger partial charge in [0.25, 0.3) is 0 Å². The Morgan fingerprint density at radius 3 is 2.55 bits per heavy atom. The first-order chi connectivity index (χ1) is 5.07. The Balaban J connectivity index is 3.51. The molecule has 2 unspecified atom stereocenters. The second-order valence-corrected chi connectivity index (χ2v) is 2.57. The second kappa shape index (κ2) is 5.03. The SMILES string of the molecule is CC(CO)C(O)CC[N+](=O)[O-]. The molecule has 0 saturated carbocycles. The van der Waals surface area contributed by atoms with Crippen molar-refractivity contribution < 1.29 is 15.1 Å². The maximum atomic E-state index is 9.85. The highest BCUT2D eigenvalue weighted by Gasteiger charge is 2.15. The van der Waals surface area contributed by atoms with Crippen molar-refractivity contribution in [2.45, 2.75) is 19.4 Å². The fourth-order valence-electron chi connectivity index (χ4n) is 0.644. The first-order valence-electron chi connectivity index (χ1n) is 3.48. The minimum absolute atomic E-state index is 0.106. The summed E-state index contributed by atoms with van der Waals surface area (Å²) >= 11 is 0. The average molecular weight is 163 g/mol. The summed E-state index contributed by atoms with van der Waals surface area (Å²) in [6, 6.07) is 0. The normalized spacial score (nSPS) is 15.9. The number of rotatable bonds is 5. The van der Waals surface area contributed by atoms with Crippen LogP contribution in [0.5, 0.6) is 0 Å². The summed E-state index contributed by atoms with van der Waals surface area (Å²) in [5.74, 6) is -0.282. The van der Waals surface area contributed by atoms with Gasteiger partial charge < -0.3 is 10.2 Å². The van der Waals surface area contributed by atoms with E-state index < -0.39 is 11.0 Å². The summed E-state index contributed by atoms with van der Waals surface area (Å²) in [7, 11) is 0. The van der Waals surface area contributed by atoms with Crippen molar-refractivity contribution in [1.82, 2.24) is 0 Å². The Kier molecular flexibility index (Phi) is 4.72. The van der Waals surface area contributed by atoms with Crippen LogP contribution >= 0.6 is 0 Å². The van der Waals surface area contributed by atoms with E-state index in [1.54, 1.807) is 6.92 Å². The number of nitro groups is 1. The maximum absolute atomic E-state index is 9.85. The molecule has 0 radical (unpaired) electrons. The van der Waals surface area contributed by atoms with Crippen LogP contribution in [0.2, 0.25) is 0 Å². The van der Waals surface area contributed by atoms with Gasteiger partial charge in [0.1, 0.15) is 0 Å². The molecule has 2 atom stereocenters. The molecule has 2 N–H and O–H groups in total. The molecule has 0 bridgehead atoms. The number of hydrogen-bond donors (Lipinski definition) is 2. The Morgan fingerprint density at radius 1 is 1.64 bits per heavy atom. The van der Waals surface area contributed by atoms with Gasteiger partial charge in [0.15, 0.2) is 0 Å². The molecule has 0 fully saturated rings. The Morgan fingerprint density at radius 2 is 2.18 bits per heavy atom. The molecule has 5 heteroatoms. The van der Waals surface area contributed by atoms with Gasteiger partial charge in [0, 0.05) is 23.9 Å². The van der Waals surface area contributed by atoms with Crippen molar-refractivity contribution >= 4 is 0 Å². The summed E-state index contributed by atoms with van der Waals surface area (Å²) in [5.41, 5.74) is 0. The van der Waals surface area contributed by atoms with Crippen LogP contribution in [0.15, 0.2) is 0 Å². The number of hydrogen-bond acceptors (Lipinski definition) is 4. The molecule has 0 aliphatic rings. The summed E-state index contributed by atoms with van der Waals surface area (Å²) < 4.78 is 0. The molecule has 0 aromatic heterocycles. The average Bonchev–Trinajstić information content (AvgIpc) is 1.98.